The van der Waals surface area contributed by atoms with Gasteiger partial charge < -0.3 is 14.8 Å². The van der Waals surface area contributed by atoms with Crippen molar-refractivity contribution in [3.8, 4) is 5.75 Å². The van der Waals surface area contributed by atoms with Crippen LogP contribution in [0.2, 0.25) is 0 Å². The van der Waals surface area contributed by atoms with E-state index in [4.69, 9.17) is 9.47 Å². The maximum absolute atomic E-state index is 12.2. The minimum Gasteiger partial charge on any atom is -0.490 e. The van der Waals surface area contributed by atoms with Crippen LogP contribution in [0.4, 0.5) is 10.5 Å². The van der Waals surface area contributed by atoms with Gasteiger partial charge in [-0.3, -0.25) is 4.90 Å². The third-order valence-electron chi connectivity index (χ3n) is 3.48. The molecule has 5 nitrogen and oxygen atoms in total. The first-order chi connectivity index (χ1) is 9.34. The molecule has 19 heavy (non-hydrogen) atoms. The largest absolute Gasteiger partial charge is 0.490 e. The predicted molar refractivity (Wildman–Crippen MR) is 71.7 cm³/mol. The number of urea groups is 1. The summed E-state index contributed by atoms with van der Waals surface area (Å²) in [6, 6.07) is 7.53. The summed E-state index contributed by atoms with van der Waals surface area (Å²) in [4.78, 5) is 14.0. The molecule has 2 aliphatic rings. The molecule has 0 unspecified atom stereocenters. The molecular formula is C14H18N2O3. The van der Waals surface area contributed by atoms with Gasteiger partial charge in [0.1, 0.15) is 12.4 Å². The van der Waals surface area contributed by atoms with Crippen molar-refractivity contribution in [2.24, 2.45) is 0 Å². The number of rotatable bonds is 2. The third-order valence-corrected chi connectivity index (χ3v) is 3.48. The first-order valence-electron chi connectivity index (χ1n) is 6.73. The molecule has 0 spiro atoms. The monoisotopic (exact) mass is 262 g/mol. The Morgan fingerprint density at radius 3 is 3.11 bits per heavy atom. The maximum atomic E-state index is 12.2. The maximum Gasteiger partial charge on any atom is 0.322 e. The van der Waals surface area contributed by atoms with Gasteiger partial charge in [0, 0.05) is 13.2 Å². The minimum absolute atomic E-state index is 0.0775. The van der Waals surface area contributed by atoms with Crippen molar-refractivity contribution in [1.82, 2.24) is 5.32 Å². The van der Waals surface area contributed by atoms with Crippen molar-refractivity contribution in [1.29, 1.82) is 0 Å². The Labute approximate surface area is 112 Å². The Kier molecular flexibility index (Phi) is 3.55. The Morgan fingerprint density at radius 1 is 1.37 bits per heavy atom. The normalized spacial score (nSPS) is 21.7. The molecule has 1 saturated heterocycles. The molecule has 0 bridgehead atoms. The van der Waals surface area contributed by atoms with E-state index < -0.39 is 0 Å². The lowest BCUT2D eigenvalue weighted by molar-refractivity contribution is 0.111. The van der Waals surface area contributed by atoms with Gasteiger partial charge >= 0.3 is 6.03 Å². The van der Waals surface area contributed by atoms with E-state index in [1.54, 1.807) is 4.90 Å². The molecule has 102 valence electrons. The van der Waals surface area contributed by atoms with E-state index in [0.717, 1.165) is 30.9 Å². The number of hydrogen-bond donors (Lipinski definition) is 1. The Morgan fingerprint density at radius 2 is 2.26 bits per heavy atom. The quantitative estimate of drug-likeness (QED) is 0.883. The van der Waals surface area contributed by atoms with E-state index in [0.29, 0.717) is 19.7 Å². The average molecular weight is 262 g/mol. The van der Waals surface area contributed by atoms with Gasteiger partial charge in [-0.05, 0) is 25.0 Å². The lowest BCUT2D eigenvalue weighted by Crippen LogP contribution is -2.46. The zero-order valence-corrected chi connectivity index (χ0v) is 10.8. The summed E-state index contributed by atoms with van der Waals surface area (Å²) in [5, 5.41) is 2.94. The van der Waals surface area contributed by atoms with Crippen molar-refractivity contribution >= 4 is 11.7 Å². The molecule has 0 aromatic heterocycles. The van der Waals surface area contributed by atoms with E-state index in [2.05, 4.69) is 5.32 Å². The molecule has 5 heteroatoms. The van der Waals surface area contributed by atoms with Crippen LogP contribution < -0.4 is 15.0 Å². The van der Waals surface area contributed by atoms with Crippen LogP contribution in [-0.2, 0) is 4.74 Å². The van der Waals surface area contributed by atoms with Gasteiger partial charge in [0.15, 0.2) is 0 Å². The van der Waals surface area contributed by atoms with Crippen LogP contribution >= 0.6 is 0 Å². The van der Waals surface area contributed by atoms with Gasteiger partial charge in [0.2, 0.25) is 0 Å². The highest BCUT2D eigenvalue weighted by molar-refractivity contribution is 5.94. The standard InChI is InChI=1S/C14H18N2O3/c17-14(15-10-11-4-3-8-18-11)16-7-9-19-13-6-2-1-5-12(13)16/h1-2,5-6,11H,3-4,7-10H2,(H,15,17)/t11-/m1/s1. The molecule has 1 aromatic carbocycles. The molecule has 2 aliphatic heterocycles. The van der Waals surface area contributed by atoms with Gasteiger partial charge in [-0.15, -0.1) is 0 Å². The second-order valence-corrected chi connectivity index (χ2v) is 4.79. The van der Waals surface area contributed by atoms with Crippen molar-refractivity contribution in [3.63, 3.8) is 0 Å². The number of anilines is 1. The number of carbonyl (C=O) groups is 1. The first kappa shape index (κ1) is 12.3. The highest BCUT2D eigenvalue weighted by Gasteiger charge is 2.24. The van der Waals surface area contributed by atoms with Crippen LogP contribution in [0.1, 0.15) is 12.8 Å². The van der Waals surface area contributed by atoms with Crippen LogP contribution in [-0.4, -0.2) is 38.4 Å². The predicted octanol–water partition coefficient (Wildman–Crippen LogP) is 1.77. The minimum atomic E-state index is -0.0775. The summed E-state index contributed by atoms with van der Waals surface area (Å²) in [5.41, 5.74) is 0.832. The topological polar surface area (TPSA) is 50.8 Å². The number of para-hydroxylation sites is 2. The smallest absolute Gasteiger partial charge is 0.322 e. The van der Waals surface area contributed by atoms with Crippen molar-refractivity contribution in [2.45, 2.75) is 18.9 Å². The molecule has 3 rings (SSSR count). The SMILES string of the molecule is O=C(NC[C@H]1CCCO1)N1CCOc2ccccc21. The highest BCUT2D eigenvalue weighted by atomic mass is 16.5. The van der Waals surface area contributed by atoms with E-state index in [1.165, 1.54) is 0 Å². The lowest BCUT2D eigenvalue weighted by atomic mass is 10.2. The molecule has 2 amide bonds. The fraction of sp³-hybridized carbons (Fsp3) is 0.500. The third kappa shape index (κ3) is 2.66. The number of ether oxygens (including phenoxy) is 2. The van der Waals surface area contributed by atoms with Gasteiger partial charge in [-0.2, -0.15) is 0 Å². The molecule has 1 fully saturated rings. The van der Waals surface area contributed by atoms with Crippen LogP contribution in [0.15, 0.2) is 24.3 Å². The Balaban J connectivity index is 1.64. The van der Waals surface area contributed by atoms with E-state index in [1.807, 2.05) is 24.3 Å². The average Bonchev–Trinajstić information content (AvgIpc) is 2.97. The van der Waals surface area contributed by atoms with Crippen LogP contribution in [0, 0.1) is 0 Å². The van der Waals surface area contributed by atoms with Crippen molar-refractivity contribution in [2.75, 3.05) is 31.2 Å². The number of amides is 2. The summed E-state index contributed by atoms with van der Waals surface area (Å²) < 4.78 is 11.0. The zero-order valence-electron chi connectivity index (χ0n) is 10.8. The number of fused-ring (bicyclic) bond motifs is 1. The fourth-order valence-electron chi connectivity index (χ4n) is 2.48. The molecule has 0 aliphatic carbocycles. The van der Waals surface area contributed by atoms with Crippen LogP contribution in [0.25, 0.3) is 0 Å². The Hall–Kier alpha value is -1.75. The Bertz CT molecular complexity index is 458. The van der Waals surface area contributed by atoms with E-state index in [-0.39, 0.29) is 12.1 Å². The molecule has 0 radical (unpaired) electrons. The van der Waals surface area contributed by atoms with Gasteiger partial charge in [0.25, 0.3) is 0 Å². The summed E-state index contributed by atoms with van der Waals surface area (Å²) in [6.07, 6.45) is 2.28. The summed E-state index contributed by atoms with van der Waals surface area (Å²) >= 11 is 0. The first-order valence-corrected chi connectivity index (χ1v) is 6.73. The van der Waals surface area contributed by atoms with Crippen LogP contribution in [0.5, 0.6) is 5.75 Å². The van der Waals surface area contributed by atoms with Crippen molar-refractivity contribution < 1.29 is 14.3 Å². The number of benzene rings is 1. The van der Waals surface area contributed by atoms with Gasteiger partial charge in [0.05, 0.1) is 18.3 Å². The molecule has 1 aromatic rings. The molecule has 1 N–H and O–H groups in total. The second kappa shape index (κ2) is 5.48. The van der Waals surface area contributed by atoms with Gasteiger partial charge in [-0.1, -0.05) is 12.1 Å². The highest BCUT2D eigenvalue weighted by Crippen LogP contribution is 2.30. The molecule has 0 saturated carbocycles. The second-order valence-electron chi connectivity index (χ2n) is 4.79. The van der Waals surface area contributed by atoms with E-state index >= 15 is 0 Å². The van der Waals surface area contributed by atoms with E-state index in [9.17, 15) is 4.79 Å². The summed E-state index contributed by atoms with van der Waals surface area (Å²) in [7, 11) is 0. The number of nitrogens with one attached hydrogen (secondary N) is 1. The summed E-state index contributed by atoms with van der Waals surface area (Å²) in [5.74, 6) is 0.765. The number of hydrogen-bond acceptors (Lipinski definition) is 3. The number of nitrogens with zero attached hydrogens (tertiary/aromatic N) is 1. The fourth-order valence-corrected chi connectivity index (χ4v) is 2.48. The van der Waals surface area contributed by atoms with Gasteiger partial charge in [-0.25, -0.2) is 4.79 Å². The molecule has 2 heterocycles. The molecular weight excluding hydrogens is 244 g/mol. The zero-order chi connectivity index (χ0) is 13.1. The lowest BCUT2D eigenvalue weighted by Gasteiger charge is -2.29. The van der Waals surface area contributed by atoms with Crippen LogP contribution in [0.3, 0.4) is 0 Å². The molecule has 1 atom stereocenters. The van der Waals surface area contributed by atoms with Crippen molar-refractivity contribution in [3.05, 3.63) is 24.3 Å². The summed E-state index contributed by atoms with van der Waals surface area (Å²) in [6.45, 7) is 2.50. The number of carbonyl (C=O) groups excluding carboxylic acids is 1.